The summed E-state index contributed by atoms with van der Waals surface area (Å²) in [5.41, 5.74) is 2.24. The quantitative estimate of drug-likeness (QED) is 0.701. The van der Waals surface area contributed by atoms with Crippen molar-refractivity contribution in [3.05, 3.63) is 59.7 Å². The molecule has 1 aromatic carbocycles. The molecule has 1 atom stereocenters. The van der Waals surface area contributed by atoms with Crippen LogP contribution < -0.4 is 5.32 Å². The van der Waals surface area contributed by atoms with E-state index in [4.69, 9.17) is 13.6 Å². The molecule has 0 spiro atoms. The molecule has 7 heteroatoms. The Bertz CT molecular complexity index is 935. The molecule has 0 bridgehead atoms. The largest absolute Gasteiger partial charge is 0.468 e. The Kier molecular flexibility index (Phi) is 5.42. The van der Waals surface area contributed by atoms with Gasteiger partial charge in [-0.15, -0.1) is 0 Å². The molecule has 7 nitrogen and oxygen atoms in total. The highest BCUT2D eigenvalue weighted by Crippen LogP contribution is 2.28. The maximum atomic E-state index is 9.46. The van der Waals surface area contributed by atoms with E-state index in [0.717, 1.165) is 30.0 Å². The average molecular weight is 378 g/mol. The summed E-state index contributed by atoms with van der Waals surface area (Å²) in [7, 11) is 0. The minimum absolute atomic E-state index is 0.0124. The Morgan fingerprint density at radius 2 is 2.00 bits per heavy atom. The van der Waals surface area contributed by atoms with E-state index in [1.165, 1.54) is 0 Å². The zero-order valence-corrected chi connectivity index (χ0v) is 15.7. The van der Waals surface area contributed by atoms with Gasteiger partial charge in [-0.1, -0.05) is 17.7 Å². The van der Waals surface area contributed by atoms with Crippen molar-refractivity contribution in [2.45, 2.75) is 13.0 Å². The third-order valence-corrected chi connectivity index (χ3v) is 4.85. The van der Waals surface area contributed by atoms with Crippen molar-refractivity contribution in [3.8, 4) is 17.5 Å². The van der Waals surface area contributed by atoms with Crippen LogP contribution in [0.2, 0.25) is 0 Å². The van der Waals surface area contributed by atoms with E-state index in [1.54, 1.807) is 6.26 Å². The second-order valence-electron chi connectivity index (χ2n) is 6.74. The Hall–Kier alpha value is -3.08. The van der Waals surface area contributed by atoms with Crippen molar-refractivity contribution in [1.29, 1.82) is 5.26 Å². The van der Waals surface area contributed by atoms with E-state index in [2.05, 4.69) is 21.3 Å². The first-order chi connectivity index (χ1) is 13.7. The predicted octanol–water partition coefficient (Wildman–Crippen LogP) is 3.60. The van der Waals surface area contributed by atoms with E-state index in [1.807, 2.05) is 43.3 Å². The van der Waals surface area contributed by atoms with Crippen LogP contribution in [0.15, 0.2) is 51.5 Å². The minimum atomic E-state index is 0.0124. The maximum Gasteiger partial charge on any atom is 0.232 e. The van der Waals surface area contributed by atoms with Crippen LogP contribution in [0, 0.1) is 18.3 Å². The molecule has 1 unspecified atom stereocenters. The van der Waals surface area contributed by atoms with Gasteiger partial charge in [0.05, 0.1) is 25.5 Å². The van der Waals surface area contributed by atoms with Gasteiger partial charge in [0.1, 0.15) is 11.8 Å². The molecule has 2 aromatic heterocycles. The van der Waals surface area contributed by atoms with Crippen molar-refractivity contribution < 1.29 is 13.6 Å². The van der Waals surface area contributed by atoms with Gasteiger partial charge in [-0.05, 0) is 31.2 Å². The lowest BCUT2D eigenvalue weighted by atomic mass is 10.1. The fraction of sp³-hybridized carbons (Fsp3) is 0.333. The second-order valence-corrected chi connectivity index (χ2v) is 6.74. The van der Waals surface area contributed by atoms with Crippen molar-refractivity contribution in [1.82, 2.24) is 9.88 Å². The topological polar surface area (TPSA) is 87.5 Å². The van der Waals surface area contributed by atoms with Crippen LogP contribution in [-0.2, 0) is 4.74 Å². The SMILES string of the molecule is Cc1ccc(-c2nc(C#N)c(NCC(c3ccco3)N3CCOCC3)o2)cc1. The molecular formula is C21H22N4O3. The van der Waals surface area contributed by atoms with Crippen LogP contribution >= 0.6 is 0 Å². The molecule has 0 amide bonds. The number of anilines is 1. The van der Waals surface area contributed by atoms with Crippen LogP contribution in [0.1, 0.15) is 23.1 Å². The molecule has 1 saturated heterocycles. The van der Waals surface area contributed by atoms with Crippen molar-refractivity contribution in [2.75, 3.05) is 38.2 Å². The van der Waals surface area contributed by atoms with Crippen molar-refractivity contribution >= 4 is 5.88 Å². The number of morpholine rings is 1. The van der Waals surface area contributed by atoms with Crippen LogP contribution in [0.4, 0.5) is 5.88 Å². The summed E-state index contributed by atoms with van der Waals surface area (Å²) in [5.74, 6) is 1.68. The number of nitriles is 1. The van der Waals surface area contributed by atoms with Gasteiger partial charge in [0.15, 0.2) is 0 Å². The highest BCUT2D eigenvalue weighted by atomic mass is 16.5. The number of aromatic nitrogens is 1. The number of benzene rings is 1. The van der Waals surface area contributed by atoms with Crippen LogP contribution in [0.3, 0.4) is 0 Å². The molecule has 144 valence electrons. The third-order valence-electron chi connectivity index (χ3n) is 4.85. The standard InChI is InChI=1S/C21H22N4O3/c1-15-4-6-16(7-5-15)20-24-17(13-22)21(28-20)23-14-18(19-3-2-10-27-19)25-8-11-26-12-9-25/h2-7,10,18,23H,8-9,11-12,14H2,1H3. The summed E-state index contributed by atoms with van der Waals surface area (Å²) in [6.07, 6.45) is 1.67. The Morgan fingerprint density at radius 3 is 2.68 bits per heavy atom. The highest BCUT2D eigenvalue weighted by Gasteiger charge is 2.26. The number of nitrogens with zero attached hydrogens (tertiary/aromatic N) is 3. The molecule has 1 N–H and O–H groups in total. The molecule has 0 radical (unpaired) electrons. The molecule has 4 rings (SSSR count). The fourth-order valence-corrected chi connectivity index (χ4v) is 3.30. The normalized spacial score (nSPS) is 15.9. The van der Waals surface area contributed by atoms with Crippen LogP contribution in [-0.4, -0.2) is 42.7 Å². The summed E-state index contributed by atoms with van der Waals surface area (Å²) in [6, 6.07) is 13.8. The number of rotatable bonds is 6. The molecule has 28 heavy (non-hydrogen) atoms. The first-order valence-electron chi connectivity index (χ1n) is 9.31. The third kappa shape index (κ3) is 3.93. The Balaban J connectivity index is 1.54. The molecule has 3 heterocycles. The van der Waals surface area contributed by atoms with Gasteiger partial charge in [0.25, 0.3) is 0 Å². The van der Waals surface area contributed by atoms with Gasteiger partial charge in [-0.3, -0.25) is 4.90 Å². The van der Waals surface area contributed by atoms with Gasteiger partial charge in [-0.25, -0.2) is 0 Å². The van der Waals surface area contributed by atoms with E-state index in [0.29, 0.717) is 31.5 Å². The molecule has 1 aliphatic heterocycles. The number of aryl methyl sites for hydroxylation is 1. The Labute approximate surface area is 163 Å². The van der Waals surface area contributed by atoms with Gasteiger partial charge in [0, 0.05) is 25.2 Å². The van der Waals surface area contributed by atoms with Gasteiger partial charge < -0.3 is 18.9 Å². The molecule has 0 aliphatic carbocycles. The van der Waals surface area contributed by atoms with Crippen LogP contribution in [0.5, 0.6) is 0 Å². The van der Waals surface area contributed by atoms with E-state index < -0.39 is 0 Å². The lowest BCUT2D eigenvalue weighted by Gasteiger charge is -2.33. The number of hydrogen-bond donors (Lipinski definition) is 1. The molecule has 3 aromatic rings. The number of hydrogen-bond acceptors (Lipinski definition) is 7. The van der Waals surface area contributed by atoms with Gasteiger partial charge in [-0.2, -0.15) is 10.2 Å². The zero-order chi connectivity index (χ0) is 19.3. The summed E-state index contributed by atoms with van der Waals surface area (Å²) in [6.45, 7) is 5.59. The average Bonchev–Trinajstić information content (AvgIpc) is 3.40. The summed E-state index contributed by atoms with van der Waals surface area (Å²) in [5, 5.41) is 12.7. The van der Waals surface area contributed by atoms with E-state index in [9.17, 15) is 5.26 Å². The lowest BCUT2D eigenvalue weighted by molar-refractivity contribution is 0.0144. The first-order valence-corrected chi connectivity index (χ1v) is 9.31. The predicted molar refractivity (Wildman–Crippen MR) is 104 cm³/mol. The van der Waals surface area contributed by atoms with Gasteiger partial charge >= 0.3 is 0 Å². The minimum Gasteiger partial charge on any atom is -0.468 e. The van der Waals surface area contributed by atoms with Gasteiger partial charge in [0.2, 0.25) is 17.5 Å². The molecular weight excluding hydrogens is 356 g/mol. The summed E-state index contributed by atoms with van der Waals surface area (Å²) >= 11 is 0. The summed E-state index contributed by atoms with van der Waals surface area (Å²) < 4.78 is 17.0. The van der Waals surface area contributed by atoms with Crippen LogP contribution in [0.25, 0.3) is 11.5 Å². The summed E-state index contributed by atoms with van der Waals surface area (Å²) in [4.78, 5) is 6.64. The molecule has 0 saturated carbocycles. The highest BCUT2D eigenvalue weighted by molar-refractivity contribution is 5.59. The number of oxazole rings is 1. The smallest absolute Gasteiger partial charge is 0.232 e. The first kappa shape index (κ1) is 18.3. The number of nitrogens with one attached hydrogen (secondary N) is 1. The monoisotopic (exact) mass is 378 g/mol. The fourth-order valence-electron chi connectivity index (χ4n) is 3.30. The van der Waals surface area contributed by atoms with Crippen molar-refractivity contribution in [2.24, 2.45) is 0 Å². The number of furan rings is 1. The zero-order valence-electron chi connectivity index (χ0n) is 15.7. The number of ether oxygens (including phenoxy) is 1. The maximum absolute atomic E-state index is 9.46. The Morgan fingerprint density at radius 1 is 1.21 bits per heavy atom. The van der Waals surface area contributed by atoms with E-state index >= 15 is 0 Å². The van der Waals surface area contributed by atoms with Crippen molar-refractivity contribution in [3.63, 3.8) is 0 Å². The molecule has 1 aliphatic rings. The lowest BCUT2D eigenvalue weighted by Crippen LogP contribution is -2.41. The second kappa shape index (κ2) is 8.30. The molecule has 1 fully saturated rings. The van der Waals surface area contributed by atoms with E-state index in [-0.39, 0.29) is 11.7 Å².